The summed E-state index contributed by atoms with van der Waals surface area (Å²) in [6, 6.07) is 18.7. The van der Waals surface area contributed by atoms with Gasteiger partial charge in [0.05, 0.1) is 11.2 Å². The van der Waals surface area contributed by atoms with Crippen molar-refractivity contribution in [2.75, 3.05) is 6.54 Å². The molecule has 3 heteroatoms. The lowest BCUT2D eigenvalue weighted by molar-refractivity contribution is 0.527. The van der Waals surface area contributed by atoms with Gasteiger partial charge in [-0.15, -0.1) is 0 Å². The average molecular weight is 384 g/mol. The molecule has 2 aromatic heterocycles. The maximum Gasteiger partial charge on any atom is 0.100 e. The zero-order valence-corrected chi connectivity index (χ0v) is 16.3. The number of para-hydroxylation sites is 1. The lowest BCUT2D eigenvalue weighted by Gasteiger charge is -2.29. The van der Waals surface area contributed by atoms with E-state index in [4.69, 9.17) is 4.98 Å². The largest absolute Gasteiger partial charge is 0.344 e. The molecule has 0 aliphatic carbocycles. The van der Waals surface area contributed by atoms with Crippen LogP contribution >= 0.6 is 0 Å². The Kier molecular flexibility index (Phi) is 3.85. The molecule has 0 bridgehead atoms. The molecule has 141 valence electrons. The molecule has 0 amide bonds. The second-order valence-corrected chi connectivity index (χ2v) is 7.43. The van der Waals surface area contributed by atoms with E-state index in [9.17, 15) is 0 Å². The number of allylic oxidation sites excluding steroid dienone is 5. The van der Waals surface area contributed by atoms with Gasteiger partial charge in [0, 0.05) is 52.1 Å². The van der Waals surface area contributed by atoms with E-state index in [0.717, 1.165) is 45.0 Å². The molecule has 0 saturated carbocycles. The van der Waals surface area contributed by atoms with Crippen LogP contribution in [-0.4, -0.2) is 21.4 Å². The van der Waals surface area contributed by atoms with Crippen LogP contribution in [0.2, 0.25) is 0 Å². The molecule has 0 N–H and O–H groups in total. The third-order valence-corrected chi connectivity index (χ3v) is 5.69. The molecule has 0 saturated heterocycles. The third-order valence-electron chi connectivity index (χ3n) is 5.69. The van der Waals surface area contributed by atoms with Crippen LogP contribution in [-0.2, 0) is 0 Å². The van der Waals surface area contributed by atoms with Gasteiger partial charge in [0.15, 0.2) is 0 Å². The molecule has 2 aliphatic heterocycles. The predicted molar refractivity (Wildman–Crippen MR) is 122 cm³/mol. The molecular formula is C27H18N3. The molecule has 0 atom stereocenters. The van der Waals surface area contributed by atoms with Gasteiger partial charge < -0.3 is 4.90 Å². The Morgan fingerprint density at radius 3 is 2.70 bits per heavy atom. The van der Waals surface area contributed by atoms with Crippen molar-refractivity contribution in [2.45, 2.75) is 0 Å². The molecule has 0 fully saturated rings. The highest BCUT2D eigenvalue weighted by atomic mass is 15.1. The second-order valence-electron chi connectivity index (χ2n) is 7.43. The van der Waals surface area contributed by atoms with E-state index in [0.29, 0.717) is 0 Å². The summed E-state index contributed by atoms with van der Waals surface area (Å²) in [4.78, 5) is 11.7. The van der Waals surface area contributed by atoms with Crippen LogP contribution in [0.4, 0.5) is 0 Å². The number of hydrogen-bond acceptors (Lipinski definition) is 3. The minimum Gasteiger partial charge on any atom is -0.344 e. The van der Waals surface area contributed by atoms with Gasteiger partial charge in [0.2, 0.25) is 0 Å². The highest BCUT2D eigenvalue weighted by Gasteiger charge is 2.22. The van der Waals surface area contributed by atoms with Gasteiger partial charge in [-0.1, -0.05) is 60.7 Å². The number of aromatic nitrogens is 2. The molecule has 0 spiro atoms. The fourth-order valence-electron chi connectivity index (χ4n) is 4.32. The molecule has 2 aliphatic rings. The van der Waals surface area contributed by atoms with Crippen LogP contribution in [0.15, 0.2) is 103 Å². The summed E-state index contributed by atoms with van der Waals surface area (Å²) in [6.07, 6.45) is 18.1. The van der Waals surface area contributed by atoms with Crippen LogP contribution < -0.4 is 0 Å². The Morgan fingerprint density at radius 1 is 0.867 bits per heavy atom. The Morgan fingerprint density at radius 2 is 1.73 bits per heavy atom. The van der Waals surface area contributed by atoms with E-state index < -0.39 is 0 Å². The Bertz CT molecular complexity index is 1420. The lowest BCUT2D eigenvalue weighted by Crippen LogP contribution is -2.21. The number of pyridine rings is 2. The molecule has 6 rings (SSSR count). The van der Waals surface area contributed by atoms with E-state index in [1.54, 1.807) is 0 Å². The van der Waals surface area contributed by atoms with Gasteiger partial charge in [-0.2, -0.15) is 0 Å². The molecular weight excluding hydrogens is 366 g/mol. The van der Waals surface area contributed by atoms with Crippen molar-refractivity contribution in [3.63, 3.8) is 0 Å². The van der Waals surface area contributed by atoms with Crippen molar-refractivity contribution >= 4 is 27.2 Å². The van der Waals surface area contributed by atoms with Crippen LogP contribution in [0.3, 0.4) is 0 Å². The van der Waals surface area contributed by atoms with Crippen molar-refractivity contribution in [1.29, 1.82) is 0 Å². The summed E-state index contributed by atoms with van der Waals surface area (Å²) >= 11 is 0. The number of fused-ring (bicyclic) bond motifs is 3. The van der Waals surface area contributed by atoms with Gasteiger partial charge in [-0.05, 0) is 29.7 Å². The first-order chi connectivity index (χ1) is 14.9. The van der Waals surface area contributed by atoms with Gasteiger partial charge >= 0.3 is 0 Å². The molecule has 0 unspecified atom stereocenters. The van der Waals surface area contributed by atoms with Crippen molar-refractivity contribution in [2.24, 2.45) is 0 Å². The first kappa shape index (κ1) is 16.9. The normalized spacial score (nSPS) is 15.3. The van der Waals surface area contributed by atoms with Gasteiger partial charge in [0.1, 0.15) is 6.20 Å². The molecule has 4 heterocycles. The van der Waals surface area contributed by atoms with Crippen LogP contribution in [0.25, 0.3) is 38.5 Å². The van der Waals surface area contributed by atoms with Crippen molar-refractivity contribution in [3.8, 4) is 11.3 Å². The molecule has 1 radical (unpaired) electrons. The summed E-state index contributed by atoms with van der Waals surface area (Å²) < 4.78 is 0. The lowest BCUT2D eigenvalue weighted by atomic mass is 9.89. The van der Waals surface area contributed by atoms with E-state index in [1.165, 1.54) is 11.3 Å². The Balaban J connectivity index is 1.73. The minimum absolute atomic E-state index is 0.869. The number of nitrogens with zero attached hydrogens (tertiary/aromatic N) is 3. The van der Waals surface area contributed by atoms with Gasteiger partial charge in [0.25, 0.3) is 0 Å². The monoisotopic (exact) mass is 384 g/mol. The van der Waals surface area contributed by atoms with Crippen LogP contribution in [0.5, 0.6) is 0 Å². The Labute approximate surface area is 175 Å². The zero-order chi connectivity index (χ0) is 19.9. The van der Waals surface area contributed by atoms with E-state index in [1.807, 2.05) is 24.4 Å². The standard InChI is InChI=1S/C27H18N3/c1-2-9-20-19(8-1)14-15-28-27(20)23-18-29-24-12-4-3-10-21(24)26(23)22-11-7-17-30-16-6-5-13-25(22)30/h1-16H,17H2. The van der Waals surface area contributed by atoms with E-state index in [2.05, 4.69) is 89.1 Å². The quantitative estimate of drug-likeness (QED) is 0.430. The maximum absolute atomic E-state index is 4.78. The minimum atomic E-state index is 0.869. The molecule has 4 aromatic rings. The number of benzene rings is 2. The SMILES string of the molecule is [c]1nc2ccccc2c(C2=C3C=CC=CN3CC=C2)c1-c1nccc2ccccc12. The van der Waals surface area contributed by atoms with E-state index >= 15 is 0 Å². The number of rotatable bonds is 2. The molecule has 30 heavy (non-hydrogen) atoms. The molecule has 2 aromatic carbocycles. The van der Waals surface area contributed by atoms with Gasteiger partial charge in [-0.25, -0.2) is 4.98 Å². The summed E-state index contributed by atoms with van der Waals surface area (Å²) in [5.41, 5.74) is 6.26. The number of hydrogen-bond donors (Lipinski definition) is 0. The fraction of sp³-hybridized carbons (Fsp3) is 0.0370. The first-order valence-electron chi connectivity index (χ1n) is 10.1. The van der Waals surface area contributed by atoms with Crippen molar-refractivity contribution in [3.05, 3.63) is 115 Å². The smallest absolute Gasteiger partial charge is 0.100 e. The van der Waals surface area contributed by atoms with Crippen molar-refractivity contribution in [1.82, 2.24) is 14.9 Å². The topological polar surface area (TPSA) is 29.0 Å². The Hall–Kier alpha value is -3.98. The highest BCUT2D eigenvalue weighted by molar-refractivity contribution is 6.05. The van der Waals surface area contributed by atoms with Crippen molar-refractivity contribution < 1.29 is 0 Å². The second kappa shape index (κ2) is 6.82. The van der Waals surface area contributed by atoms with Crippen LogP contribution in [0.1, 0.15) is 5.56 Å². The first-order valence-corrected chi connectivity index (χ1v) is 10.1. The predicted octanol–water partition coefficient (Wildman–Crippen LogP) is 5.92. The van der Waals surface area contributed by atoms with Crippen LogP contribution in [0, 0.1) is 6.20 Å². The summed E-state index contributed by atoms with van der Waals surface area (Å²) in [5.74, 6) is 0. The summed E-state index contributed by atoms with van der Waals surface area (Å²) in [7, 11) is 0. The zero-order valence-electron chi connectivity index (χ0n) is 16.3. The highest BCUT2D eigenvalue weighted by Crippen LogP contribution is 2.39. The fourth-order valence-corrected chi connectivity index (χ4v) is 4.32. The molecule has 3 nitrogen and oxygen atoms in total. The van der Waals surface area contributed by atoms with Gasteiger partial charge in [-0.3, -0.25) is 4.98 Å². The summed E-state index contributed by atoms with van der Waals surface area (Å²) in [6.45, 7) is 0.869. The third kappa shape index (κ3) is 2.60. The average Bonchev–Trinajstić information content (AvgIpc) is 2.83. The summed E-state index contributed by atoms with van der Waals surface area (Å²) in [5, 5.41) is 3.38. The van der Waals surface area contributed by atoms with E-state index in [-0.39, 0.29) is 0 Å². The maximum atomic E-state index is 4.78.